The molecule has 66 valence electrons. The monoisotopic (exact) mass is 166 g/mol. The molecule has 1 fully saturated rings. The zero-order chi connectivity index (χ0) is 8.72. The highest BCUT2D eigenvalue weighted by Gasteiger charge is 2.28. The molecular weight excluding hydrogens is 152 g/mol. The average Bonchev–Trinajstić information content (AvgIpc) is 2.82. The molecule has 0 spiro atoms. The van der Waals surface area contributed by atoms with E-state index < -0.39 is 0 Å². The van der Waals surface area contributed by atoms with Gasteiger partial charge >= 0.3 is 0 Å². The predicted molar refractivity (Wildman–Crippen MR) is 46.5 cm³/mol. The first-order chi connectivity index (χ1) is 5.74. The largest absolute Gasteiger partial charge is 0.468 e. The van der Waals surface area contributed by atoms with Gasteiger partial charge in [0.05, 0.1) is 12.8 Å². The number of rotatable bonds is 2. The van der Waals surface area contributed by atoms with Gasteiger partial charge in [0, 0.05) is 11.7 Å². The molecule has 12 heavy (non-hydrogen) atoms. The fourth-order valence-electron chi connectivity index (χ4n) is 1.50. The summed E-state index contributed by atoms with van der Waals surface area (Å²) in [6.07, 6.45) is 2.54. The number of hydrogen-bond acceptors (Lipinski definition) is 2. The Morgan fingerprint density at radius 1 is 1.42 bits per heavy atom. The van der Waals surface area contributed by atoms with Crippen molar-refractivity contribution in [2.24, 2.45) is 0 Å². The molecule has 1 aromatic heterocycles. The first-order valence-electron chi connectivity index (χ1n) is 4.33. The molecule has 1 aliphatic rings. The Kier molecular flexibility index (Phi) is 1.60. The van der Waals surface area contributed by atoms with Gasteiger partial charge in [0.1, 0.15) is 0 Å². The van der Waals surface area contributed by atoms with Gasteiger partial charge in [-0.2, -0.15) is 0 Å². The molecule has 3 nitrogen and oxygen atoms in total. The molecule has 2 rings (SSSR count). The van der Waals surface area contributed by atoms with Gasteiger partial charge in [-0.05, 0) is 26.7 Å². The SMILES string of the molecule is COc1nc(C)c(C)n1C1CC1. The van der Waals surface area contributed by atoms with Crippen molar-refractivity contribution in [3.05, 3.63) is 11.4 Å². The van der Waals surface area contributed by atoms with E-state index in [-0.39, 0.29) is 0 Å². The third-order valence-electron chi connectivity index (χ3n) is 2.45. The summed E-state index contributed by atoms with van der Waals surface area (Å²) in [5.41, 5.74) is 2.33. The van der Waals surface area contributed by atoms with Crippen molar-refractivity contribution in [1.29, 1.82) is 0 Å². The maximum Gasteiger partial charge on any atom is 0.296 e. The van der Waals surface area contributed by atoms with E-state index in [0.29, 0.717) is 6.04 Å². The average molecular weight is 166 g/mol. The van der Waals surface area contributed by atoms with E-state index in [0.717, 1.165) is 11.7 Å². The molecule has 0 radical (unpaired) electrons. The molecule has 1 aliphatic carbocycles. The zero-order valence-electron chi connectivity index (χ0n) is 7.79. The highest BCUT2D eigenvalue weighted by atomic mass is 16.5. The number of aryl methyl sites for hydroxylation is 1. The van der Waals surface area contributed by atoms with Gasteiger partial charge in [0.2, 0.25) is 0 Å². The van der Waals surface area contributed by atoms with Crippen LogP contribution in [0.4, 0.5) is 0 Å². The van der Waals surface area contributed by atoms with E-state index in [2.05, 4.69) is 16.5 Å². The lowest BCUT2D eigenvalue weighted by Crippen LogP contribution is -2.00. The molecule has 0 N–H and O–H groups in total. The van der Waals surface area contributed by atoms with Crippen LogP contribution in [-0.2, 0) is 0 Å². The molecule has 0 aliphatic heterocycles. The summed E-state index contributed by atoms with van der Waals surface area (Å²) in [6.45, 7) is 4.12. The second-order valence-electron chi connectivity index (χ2n) is 3.37. The van der Waals surface area contributed by atoms with E-state index in [1.807, 2.05) is 6.92 Å². The van der Waals surface area contributed by atoms with Gasteiger partial charge in [-0.15, -0.1) is 0 Å². The minimum absolute atomic E-state index is 0.654. The Labute approximate surface area is 72.4 Å². The maximum absolute atomic E-state index is 5.20. The topological polar surface area (TPSA) is 27.1 Å². The van der Waals surface area contributed by atoms with Crippen LogP contribution in [0, 0.1) is 13.8 Å². The van der Waals surface area contributed by atoms with E-state index in [1.165, 1.54) is 18.5 Å². The zero-order valence-corrected chi connectivity index (χ0v) is 7.79. The van der Waals surface area contributed by atoms with Crippen molar-refractivity contribution in [2.75, 3.05) is 7.11 Å². The Balaban J connectivity index is 2.46. The molecule has 0 bridgehead atoms. The highest BCUT2D eigenvalue weighted by molar-refractivity contribution is 5.20. The summed E-state index contributed by atoms with van der Waals surface area (Å²) in [7, 11) is 1.68. The number of imidazole rings is 1. The predicted octanol–water partition coefficient (Wildman–Crippen LogP) is 1.84. The van der Waals surface area contributed by atoms with Crippen LogP contribution in [0.5, 0.6) is 6.01 Å². The van der Waals surface area contributed by atoms with Crippen LogP contribution in [0.3, 0.4) is 0 Å². The van der Waals surface area contributed by atoms with Crippen molar-refractivity contribution < 1.29 is 4.74 Å². The Morgan fingerprint density at radius 2 is 2.08 bits per heavy atom. The van der Waals surface area contributed by atoms with Crippen LogP contribution in [0.1, 0.15) is 30.3 Å². The first kappa shape index (κ1) is 7.65. The van der Waals surface area contributed by atoms with Crippen LogP contribution in [0.25, 0.3) is 0 Å². The van der Waals surface area contributed by atoms with Crippen LogP contribution in [0.2, 0.25) is 0 Å². The van der Waals surface area contributed by atoms with Gasteiger partial charge in [0.15, 0.2) is 0 Å². The number of aromatic nitrogens is 2. The van der Waals surface area contributed by atoms with Gasteiger partial charge in [-0.1, -0.05) is 0 Å². The van der Waals surface area contributed by atoms with E-state index in [1.54, 1.807) is 7.11 Å². The van der Waals surface area contributed by atoms with Crippen molar-refractivity contribution in [2.45, 2.75) is 32.7 Å². The maximum atomic E-state index is 5.20. The van der Waals surface area contributed by atoms with E-state index >= 15 is 0 Å². The minimum atomic E-state index is 0.654. The van der Waals surface area contributed by atoms with Crippen LogP contribution in [0.15, 0.2) is 0 Å². The quantitative estimate of drug-likeness (QED) is 0.670. The van der Waals surface area contributed by atoms with Gasteiger partial charge in [-0.3, -0.25) is 4.57 Å². The Morgan fingerprint density at radius 3 is 2.58 bits per heavy atom. The van der Waals surface area contributed by atoms with Crippen LogP contribution >= 0.6 is 0 Å². The molecule has 1 heterocycles. The van der Waals surface area contributed by atoms with Crippen molar-refractivity contribution in [1.82, 2.24) is 9.55 Å². The minimum Gasteiger partial charge on any atom is -0.468 e. The fraction of sp³-hybridized carbons (Fsp3) is 0.667. The lowest BCUT2D eigenvalue weighted by atomic mass is 10.4. The molecule has 0 atom stereocenters. The first-order valence-corrected chi connectivity index (χ1v) is 4.33. The molecule has 0 aromatic carbocycles. The summed E-state index contributed by atoms with van der Waals surface area (Å²) >= 11 is 0. The molecule has 1 aromatic rings. The molecule has 3 heteroatoms. The molecular formula is C9H14N2O. The smallest absolute Gasteiger partial charge is 0.296 e. The van der Waals surface area contributed by atoms with Crippen molar-refractivity contribution in [3.63, 3.8) is 0 Å². The highest BCUT2D eigenvalue weighted by Crippen LogP contribution is 2.39. The number of nitrogens with zero attached hydrogens (tertiary/aromatic N) is 2. The lowest BCUT2D eigenvalue weighted by Gasteiger charge is -2.05. The van der Waals surface area contributed by atoms with Gasteiger partial charge < -0.3 is 4.74 Å². The van der Waals surface area contributed by atoms with Crippen LogP contribution in [-0.4, -0.2) is 16.7 Å². The standard InChI is InChI=1S/C9H14N2O/c1-6-7(2)11(8-4-5-8)9(10-6)12-3/h8H,4-5H2,1-3H3. The van der Waals surface area contributed by atoms with Gasteiger partial charge in [-0.25, -0.2) is 4.98 Å². The number of ether oxygens (including phenoxy) is 1. The molecule has 1 saturated carbocycles. The Bertz CT molecular complexity index is 300. The summed E-state index contributed by atoms with van der Waals surface area (Å²) in [6, 6.07) is 1.42. The normalized spacial score (nSPS) is 16.6. The second-order valence-corrected chi connectivity index (χ2v) is 3.37. The third-order valence-corrected chi connectivity index (χ3v) is 2.45. The van der Waals surface area contributed by atoms with E-state index in [9.17, 15) is 0 Å². The summed E-state index contributed by atoms with van der Waals surface area (Å²) in [5, 5.41) is 0. The summed E-state index contributed by atoms with van der Waals surface area (Å²) in [4.78, 5) is 4.33. The van der Waals surface area contributed by atoms with E-state index in [4.69, 9.17) is 4.74 Å². The summed E-state index contributed by atoms with van der Waals surface area (Å²) < 4.78 is 7.40. The lowest BCUT2D eigenvalue weighted by molar-refractivity contribution is 0.356. The number of hydrogen-bond donors (Lipinski definition) is 0. The van der Waals surface area contributed by atoms with Crippen molar-refractivity contribution in [3.8, 4) is 6.01 Å². The molecule has 0 unspecified atom stereocenters. The number of methoxy groups -OCH3 is 1. The van der Waals surface area contributed by atoms with Crippen molar-refractivity contribution >= 4 is 0 Å². The van der Waals surface area contributed by atoms with Crippen LogP contribution < -0.4 is 4.74 Å². The molecule has 0 amide bonds. The van der Waals surface area contributed by atoms with Gasteiger partial charge in [0.25, 0.3) is 6.01 Å². The Hall–Kier alpha value is -0.990. The third kappa shape index (κ3) is 1.00. The summed E-state index contributed by atoms with van der Waals surface area (Å²) in [5.74, 6) is 0. The second kappa shape index (κ2) is 2.51. The molecule has 0 saturated heterocycles. The fourth-order valence-corrected chi connectivity index (χ4v) is 1.50.